The van der Waals surface area contributed by atoms with E-state index in [0.29, 0.717) is 0 Å². The first-order valence-electron chi connectivity index (χ1n) is 5.12. The summed E-state index contributed by atoms with van der Waals surface area (Å²) in [5.41, 5.74) is 0. The van der Waals surface area contributed by atoms with Crippen LogP contribution in [-0.4, -0.2) is 52.0 Å². The number of rotatable bonds is 5. The van der Waals surface area contributed by atoms with E-state index in [0.717, 1.165) is 9.58 Å². The fourth-order valence-corrected chi connectivity index (χ4v) is 1.27. The third kappa shape index (κ3) is 4.32. The number of methoxy groups -OCH3 is 1. The molecule has 0 bridgehead atoms. The number of aromatic nitrogens is 3. The second kappa shape index (κ2) is 5.80. The van der Waals surface area contributed by atoms with Gasteiger partial charge in [0, 0.05) is 0 Å². The van der Waals surface area contributed by atoms with Crippen molar-refractivity contribution in [2.75, 3.05) is 20.2 Å². The van der Waals surface area contributed by atoms with Crippen LogP contribution in [-0.2, 0) is 11.4 Å². The number of nitrogens with zero attached hydrogens (tertiary/aromatic N) is 4. The van der Waals surface area contributed by atoms with E-state index in [4.69, 9.17) is 0 Å². The van der Waals surface area contributed by atoms with E-state index in [-0.39, 0.29) is 19.0 Å². The Balaban J connectivity index is 2.65. The number of hydrogen-bond donors (Lipinski definition) is 0. The molecule has 0 N–H and O–H groups in total. The molecule has 0 atom stereocenters. The average Bonchev–Trinajstić information content (AvgIpc) is 2.73. The van der Waals surface area contributed by atoms with Crippen LogP contribution in [0.4, 0.5) is 13.2 Å². The summed E-state index contributed by atoms with van der Waals surface area (Å²) in [7, 11) is 1.17. The summed E-state index contributed by atoms with van der Waals surface area (Å²) in [6.45, 7) is 0.660. The average molecular weight is 266 g/mol. The van der Waals surface area contributed by atoms with Crippen molar-refractivity contribution in [2.24, 2.45) is 0 Å². The van der Waals surface area contributed by atoms with Crippen LogP contribution in [0.15, 0.2) is 6.33 Å². The highest BCUT2D eigenvalue weighted by atomic mass is 19.4. The van der Waals surface area contributed by atoms with Crippen molar-refractivity contribution in [1.29, 1.82) is 0 Å². The van der Waals surface area contributed by atoms with Gasteiger partial charge in [0.25, 0.3) is 5.82 Å². The van der Waals surface area contributed by atoms with Crippen LogP contribution in [0.3, 0.4) is 0 Å². The molecule has 0 unspecified atom stereocenters. The van der Waals surface area contributed by atoms with Crippen LogP contribution in [0.1, 0.15) is 17.5 Å². The minimum Gasteiger partial charge on any atom is -0.463 e. The summed E-state index contributed by atoms with van der Waals surface area (Å²) in [5, 5.41) is 3.72. The highest BCUT2D eigenvalue weighted by molar-refractivity contribution is 5.84. The fraction of sp³-hybridized carbons (Fsp3) is 0.667. The maximum Gasteiger partial charge on any atom is 0.401 e. The molecule has 0 radical (unpaired) electrons. The van der Waals surface area contributed by atoms with Gasteiger partial charge in [-0.2, -0.15) is 13.2 Å². The third-order valence-corrected chi connectivity index (χ3v) is 2.10. The standard InChI is InChI=1S/C9H13F3N4O2/c1-3-15(4-9(10,11)12)6-16-5-13-7(14-16)8(17)18-2/h5H,3-4,6H2,1-2H3. The molecule has 0 spiro atoms. The zero-order valence-electron chi connectivity index (χ0n) is 9.94. The molecule has 0 fully saturated rings. The normalized spacial score (nSPS) is 11.9. The lowest BCUT2D eigenvalue weighted by Gasteiger charge is -2.21. The van der Waals surface area contributed by atoms with Crippen molar-refractivity contribution >= 4 is 5.97 Å². The lowest BCUT2D eigenvalue weighted by Crippen LogP contribution is -2.35. The Kier molecular flexibility index (Phi) is 4.65. The zero-order chi connectivity index (χ0) is 13.8. The molecule has 1 aromatic rings. The van der Waals surface area contributed by atoms with Crippen LogP contribution >= 0.6 is 0 Å². The van der Waals surface area contributed by atoms with Gasteiger partial charge in [0.15, 0.2) is 0 Å². The van der Waals surface area contributed by atoms with E-state index in [2.05, 4.69) is 14.8 Å². The molecule has 1 heterocycles. The molecule has 0 aliphatic rings. The van der Waals surface area contributed by atoms with Crippen molar-refractivity contribution in [3.63, 3.8) is 0 Å². The lowest BCUT2D eigenvalue weighted by atomic mass is 10.5. The van der Waals surface area contributed by atoms with Gasteiger partial charge in [0.2, 0.25) is 0 Å². The van der Waals surface area contributed by atoms with Gasteiger partial charge in [-0.05, 0) is 6.54 Å². The van der Waals surface area contributed by atoms with Gasteiger partial charge in [-0.25, -0.2) is 14.5 Å². The number of halogens is 3. The molecule has 1 rings (SSSR count). The molecule has 0 saturated carbocycles. The third-order valence-electron chi connectivity index (χ3n) is 2.10. The van der Waals surface area contributed by atoms with E-state index in [1.165, 1.54) is 13.4 Å². The summed E-state index contributed by atoms with van der Waals surface area (Å²) in [6.07, 6.45) is -3.09. The molecule has 0 saturated heterocycles. The van der Waals surface area contributed by atoms with E-state index in [1.807, 2.05) is 0 Å². The highest BCUT2D eigenvalue weighted by Crippen LogP contribution is 2.16. The zero-order valence-corrected chi connectivity index (χ0v) is 9.94. The van der Waals surface area contributed by atoms with E-state index < -0.39 is 18.7 Å². The maximum absolute atomic E-state index is 12.2. The molecular formula is C9H13F3N4O2. The smallest absolute Gasteiger partial charge is 0.401 e. The largest absolute Gasteiger partial charge is 0.463 e. The molecule has 0 aliphatic heterocycles. The SMILES string of the molecule is CCN(Cn1cnc(C(=O)OC)n1)CC(F)(F)F. The maximum atomic E-state index is 12.2. The monoisotopic (exact) mass is 266 g/mol. The second-order valence-corrected chi connectivity index (χ2v) is 3.50. The molecule has 0 aliphatic carbocycles. The van der Waals surface area contributed by atoms with Gasteiger partial charge in [0.05, 0.1) is 20.3 Å². The summed E-state index contributed by atoms with van der Waals surface area (Å²) in [5.74, 6) is -0.909. The molecule has 9 heteroatoms. The summed E-state index contributed by atoms with van der Waals surface area (Å²) in [6, 6.07) is 0. The van der Waals surface area contributed by atoms with Gasteiger partial charge in [-0.3, -0.25) is 4.90 Å². The molecule has 102 valence electrons. The Morgan fingerprint density at radius 1 is 1.56 bits per heavy atom. The number of ether oxygens (including phenoxy) is 1. The Morgan fingerprint density at radius 3 is 2.72 bits per heavy atom. The van der Waals surface area contributed by atoms with Crippen molar-refractivity contribution in [3.05, 3.63) is 12.2 Å². The first-order valence-corrected chi connectivity index (χ1v) is 5.12. The first kappa shape index (κ1) is 14.4. The van der Waals surface area contributed by atoms with Crippen molar-refractivity contribution in [2.45, 2.75) is 19.8 Å². The van der Waals surface area contributed by atoms with Crippen LogP contribution in [0, 0.1) is 0 Å². The van der Waals surface area contributed by atoms with Gasteiger partial charge in [-0.15, -0.1) is 5.10 Å². The van der Waals surface area contributed by atoms with Crippen molar-refractivity contribution in [1.82, 2.24) is 19.7 Å². The van der Waals surface area contributed by atoms with E-state index in [9.17, 15) is 18.0 Å². The van der Waals surface area contributed by atoms with Crippen molar-refractivity contribution < 1.29 is 22.7 Å². The number of alkyl halides is 3. The first-order chi connectivity index (χ1) is 8.35. The molecule has 0 aromatic carbocycles. The van der Waals surface area contributed by atoms with Gasteiger partial charge in [0.1, 0.15) is 6.33 Å². The Labute approximate surface area is 101 Å². The van der Waals surface area contributed by atoms with E-state index >= 15 is 0 Å². The quantitative estimate of drug-likeness (QED) is 0.741. The molecule has 18 heavy (non-hydrogen) atoms. The molecule has 1 aromatic heterocycles. The minimum atomic E-state index is -4.28. The van der Waals surface area contributed by atoms with E-state index in [1.54, 1.807) is 6.92 Å². The van der Waals surface area contributed by atoms with Crippen LogP contribution in [0.25, 0.3) is 0 Å². The van der Waals surface area contributed by atoms with Gasteiger partial charge in [-0.1, -0.05) is 6.92 Å². The lowest BCUT2D eigenvalue weighted by molar-refractivity contribution is -0.149. The highest BCUT2D eigenvalue weighted by Gasteiger charge is 2.30. The molecule has 0 amide bonds. The summed E-state index contributed by atoms with van der Waals surface area (Å²) < 4.78 is 42.2. The topological polar surface area (TPSA) is 60.2 Å². The number of hydrogen-bond acceptors (Lipinski definition) is 5. The van der Waals surface area contributed by atoms with Gasteiger partial charge < -0.3 is 4.74 Å². The van der Waals surface area contributed by atoms with Crippen LogP contribution < -0.4 is 0 Å². The number of carbonyl (C=O) groups is 1. The van der Waals surface area contributed by atoms with Crippen molar-refractivity contribution in [3.8, 4) is 0 Å². The summed E-state index contributed by atoms with van der Waals surface area (Å²) >= 11 is 0. The number of esters is 1. The minimum absolute atomic E-state index is 0.0972. The fourth-order valence-electron chi connectivity index (χ4n) is 1.27. The number of carbonyl (C=O) groups excluding carboxylic acids is 1. The Bertz CT molecular complexity index is 405. The summed E-state index contributed by atoms with van der Waals surface area (Å²) in [4.78, 5) is 15.8. The Hall–Kier alpha value is -1.64. The van der Waals surface area contributed by atoms with Crippen LogP contribution in [0.2, 0.25) is 0 Å². The Morgan fingerprint density at radius 2 is 2.22 bits per heavy atom. The van der Waals surface area contributed by atoms with Crippen LogP contribution in [0.5, 0.6) is 0 Å². The predicted molar refractivity (Wildman–Crippen MR) is 54.7 cm³/mol. The predicted octanol–water partition coefficient (Wildman–Crippen LogP) is 0.906. The second-order valence-electron chi connectivity index (χ2n) is 3.50. The molecule has 6 nitrogen and oxygen atoms in total. The van der Waals surface area contributed by atoms with Gasteiger partial charge >= 0.3 is 12.1 Å². The molecular weight excluding hydrogens is 253 g/mol.